The van der Waals surface area contributed by atoms with Gasteiger partial charge in [0.15, 0.2) is 0 Å². The number of ether oxygens (including phenoxy) is 1. The topological polar surface area (TPSA) is 34.0 Å². The summed E-state index contributed by atoms with van der Waals surface area (Å²) >= 11 is 0. The maximum Gasteiger partial charge on any atom is 0.119 e. The van der Waals surface area contributed by atoms with Gasteiger partial charge in [-0.15, -0.1) is 0 Å². The zero-order valence-electron chi connectivity index (χ0n) is 25.3. The summed E-state index contributed by atoms with van der Waals surface area (Å²) in [6.45, 7) is 28.9. The quantitative estimate of drug-likeness (QED) is 0.205. The first-order valence-corrected chi connectivity index (χ1v) is 13.1. The van der Waals surface area contributed by atoms with Gasteiger partial charge in [-0.2, -0.15) is 0 Å². The first-order chi connectivity index (χ1) is 16.8. The number of aliphatic imine (C=N–C) groups is 2. The van der Waals surface area contributed by atoms with Gasteiger partial charge >= 0.3 is 0 Å². The number of aryl methyl sites for hydroxylation is 1. The Bertz CT molecular complexity index is 744. The summed E-state index contributed by atoms with van der Waals surface area (Å²) in [7, 11) is 1.78. The van der Waals surface area contributed by atoms with Crippen LogP contribution in [0.25, 0.3) is 0 Å². The molecule has 0 fully saturated rings. The molecule has 35 heavy (non-hydrogen) atoms. The maximum absolute atomic E-state index is 5.41. The molecular weight excluding hydrogens is 428 g/mol. The summed E-state index contributed by atoms with van der Waals surface area (Å²) in [6.07, 6.45) is 11.8. The molecule has 200 valence electrons. The second-order valence-corrected chi connectivity index (χ2v) is 6.96. The highest BCUT2D eigenvalue weighted by Crippen LogP contribution is 2.13. The molecule has 1 aromatic carbocycles. The molecule has 0 aliphatic carbocycles. The lowest BCUT2D eigenvalue weighted by atomic mass is 10.1. The van der Waals surface area contributed by atoms with Crippen LogP contribution in [0.3, 0.4) is 0 Å². The van der Waals surface area contributed by atoms with E-state index in [0.29, 0.717) is 0 Å². The molecule has 0 N–H and O–H groups in total. The minimum absolute atomic E-state index is 0.809. The van der Waals surface area contributed by atoms with Crippen LogP contribution in [0.5, 0.6) is 5.75 Å². The Balaban J connectivity index is -0.000000218. The molecule has 0 amide bonds. The first-order valence-electron chi connectivity index (χ1n) is 13.1. The van der Waals surface area contributed by atoms with E-state index in [4.69, 9.17) is 4.74 Å². The fourth-order valence-electron chi connectivity index (χ4n) is 1.99. The highest BCUT2D eigenvalue weighted by molar-refractivity contribution is 5.97. The van der Waals surface area contributed by atoms with Crippen LogP contribution in [0.4, 0.5) is 0 Å². The van der Waals surface area contributed by atoms with Gasteiger partial charge in [-0.1, -0.05) is 84.0 Å². The van der Waals surface area contributed by atoms with E-state index in [-0.39, 0.29) is 0 Å². The number of nitrogens with zero attached hydrogens (tertiary/aromatic N) is 2. The van der Waals surface area contributed by atoms with Gasteiger partial charge in [-0.25, -0.2) is 0 Å². The Morgan fingerprint density at radius 2 is 1.46 bits per heavy atom. The van der Waals surface area contributed by atoms with E-state index >= 15 is 0 Å². The third kappa shape index (κ3) is 25.8. The van der Waals surface area contributed by atoms with Crippen molar-refractivity contribution in [1.29, 1.82) is 0 Å². The molecular formula is C32H56N2O. The minimum atomic E-state index is 0.809. The molecule has 0 spiro atoms. The Kier molecular flexibility index (Phi) is 35.4. The van der Waals surface area contributed by atoms with Gasteiger partial charge in [0.25, 0.3) is 0 Å². The van der Waals surface area contributed by atoms with Crippen LogP contribution < -0.4 is 4.74 Å². The number of benzene rings is 1. The molecule has 1 aromatic rings. The van der Waals surface area contributed by atoms with Gasteiger partial charge < -0.3 is 4.74 Å². The Morgan fingerprint density at radius 1 is 0.943 bits per heavy atom. The highest BCUT2D eigenvalue weighted by atomic mass is 16.5. The first kappa shape index (κ1) is 39.5. The third-order valence-corrected chi connectivity index (χ3v) is 4.19. The Labute approximate surface area is 219 Å². The number of hydrogen-bond donors (Lipinski definition) is 0. The molecule has 0 saturated heterocycles. The smallest absolute Gasteiger partial charge is 0.119 e. The Morgan fingerprint density at radius 3 is 1.80 bits per heavy atom. The summed E-state index contributed by atoms with van der Waals surface area (Å²) in [5.74, 6) is 0.970. The lowest BCUT2D eigenvalue weighted by Gasteiger charge is -2.03. The van der Waals surface area contributed by atoms with Crippen LogP contribution in [0.1, 0.15) is 94.6 Å². The normalized spacial score (nSPS) is 11.2. The van der Waals surface area contributed by atoms with E-state index in [9.17, 15) is 0 Å². The van der Waals surface area contributed by atoms with Crippen LogP contribution in [-0.2, 0) is 0 Å². The summed E-state index contributed by atoms with van der Waals surface area (Å²) < 4.78 is 5.41. The van der Waals surface area contributed by atoms with Gasteiger partial charge in [0, 0.05) is 25.2 Å². The van der Waals surface area contributed by atoms with Gasteiger partial charge in [0.1, 0.15) is 5.75 Å². The molecule has 0 saturated carbocycles. The van der Waals surface area contributed by atoms with Gasteiger partial charge in [0.05, 0.1) is 6.61 Å². The molecule has 0 bridgehead atoms. The van der Waals surface area contributed by atoms with Crippen LogP contribution in [0, 0.1) is 6.92 Å². The van der Waals surface area contributed by atoms with Crippen molar-refractivity contribution < 1.29 is 4.74 Å². The van der Waals surface area contributed by atoms with E-state index in [1.165, 1.54) is 11.1 Å². The number of hydrogen-bond acceptors (Lipinski definition) is 3. The fourth-order valence-corrected chi connectivity index (χ4v) is 1.99. The predicted molar refractivity (Wildman–Crippen MR) is 165 cm³/mol. The minimum Gasteiger partial charge on any atom is -0.494 e. The number of allylic oxidation sites excluding steroid dienone is 6. The molecule has 3 nitrogen and oxygen atoms in total. The molecule has 0 radical (unpaired) electrons. The fraction of sp³-hybridized carbons (Fsp3) is 0.500. The standard InChI is InChI=1S/C14H22N2.C10H14O.C4H8.2C2H6/c1-7-13(9-15-6)14(8-2)10-16-12(5)11(3)4;1-3-8-11-10-6-4-9(2)5-7-10;1-3-4-2;2*1-2/h7,9-10H,3,8H2,1-2,4-6H3;4-7H,3,8H2,1-2H3;3-4H,1-2H3;2*1-2H3/b13-7+,14-10+,15-9?,16-12?;;4-3-;;. The molecule has 0 aliphatic heterocycles. The molecule has 0 unspecified atom stereocenters. The average Bonchev–Trinajstić information content (AvgIpc) is 2.90. The van der Waals surface area contributed by atoms with Crippen molar-refractivity contribution in [3.05, 3.63) is 77.6 Å². The lowest BCUT2D eigenvalue weighted by molar-refractivity contribution is 0.317. The van der Waals surface area contributed by atoms with Gasteiger partial charge in [-0.05, 0) is 83.2 Å². The monoisotopic (exact) mass is 484 g/mol. The molecule has 0 aliphatic rings. The zero-order chi connectivity index (χ0) is 28.1. The lowest BCUT2D eigenvalue weighted by Crippen LogP contribution is -1.94. The van der Waals surface area contributed by atoms with Crippen molar-refractivity contribution in [2.45, 2.75) is 95.9 Å². The second-order valence-electron chi connectivity index (χ2n) is 6.96. The average molecular weight is 485 g/mol. The SMILES string of the molecule is C/C=C\C.C=C(C)C(C)=N/C=C(CC)/C(C=NC)=C/C.CC.CC.CCCOc1ccc(C)cc1. The summed E-state index contributed by atoms with van der Waals surface area (Å²) in [4.78, 5) is 8.44. The predicted octanol–water partition coefficient (Wildman–Crippen LogP) is 10.4. The zero-order valence-corrected chi connectivity index (χ0v) is 25.3. The van der Waals surface area contributed by atoms with Crippen molar-refractivity contribution in [1.82, 2.24) is 0 Å². The molecule has 0 atom stereocenters. The van der Waals surface area contributed by atoms with E-state index in [1.54, 1.807) is 7.05 Å². The van der Waals surface area contributed by atoms with Crippen molar-refractivity contribution >= 4 is 11.9 Å². The third-order valence-electron chi connectivity index (χ3n) is 4.19. The van der Waals surface area contributed by atoms with E-state index in [1.807, 2.05) is 105 Å². The van der Waals surface area contributed by atoms with Crippen molar-refractivity contribution in [2.75, 3.05) is 13.7 Å². The van der Waals surface area contributed by atoms with Gasteiger partial charge in [0.2, 0.25) is 0 Å². The van der Waals surface area contributed by atoms with Crippen molar-refractivity contribution in [3.63, 3.8) is 0 Å². The van der Waals surface area contributed by atoms with E-state index in [0.717, 1.165) is 42.1 Å². The number of rotatable bonds is 8. The molecule has 0 heterocycles. The largest absolute Gasteiger partial charge is 0.494 e. The van der Waals surface area contributed by atoms with Crippen molar-refractivity contribution in [2.24, 2.45) is 9.98 Å². The van der Waals surface area contributed by atoms with Gasteiger partial charge in [-0.3, -0.25) is 9.98 Å². The summed E-state index contributed by atoms with van der Waals surface area (Å²) in [6, 6.07) is 8.13. The van der Waals surface area contributed by atoms with Crippen LogP contribution >= 0.6 is 0 Å². The summed E-state index contributed by atoms with van der Waals surface area (Å²) in [5, 5.41) is 0. The Hall–Kier alpha value is -2.68. The second kappa shape index (κ2) is 31.3. The van der Waals surface area contributed by atoms with Crippen LogP contribution in [0.15, 0.2) is 82.0 Å². The van der Waals surface area contributed by atoms with Crippen LogP contribution in [0.2, 0.25) is 0 Å². The molecule has 3 heteroatoms. The summed E-state index contributed by atoms with van der Waals surface area (Å²) in [5.41, 5.74) is 5.55. The highest BCUT2D eigenvalue weighted by Gasteiger charge is 1.99. The van der Waals surface area contributed by atoms with Crippen LogP contribution in [-0.4, -0.2) is 25.6 Å². The maximum atomic E-state index is 5.41. The van der Waals surface area contributed by atoms with E-state index in [2.05, 4.69) is 49.5 Å². The molecule has 0 aromatic heterocycles. The van der Waals surface area contributed by atoms with E-state index < -0.39 is 0 Å². The molecule has 1 rings (SSSR count). The van der Waals surface area contributed by atoms with Crippen molar-refractivity contribution in [3.8, 4) is 5.75 Å².